The number of aromatic carboxylic acids is 1. The molecule has 0 saturated heterocycles. The summed E-state index contributed by atoms with van der Waals surface area (Å²) in [4.78, 5) is 12.0. The van der Waals surface area contributed by atoms with E-state index >= 15 is 0 Å². The maximum absolute atomic E-state index is 10.9. The first-order valence-corrected chi connectivity index (χ1v) is 7.54. The van der Waals surface area contributed by atoms with E-state index in [4.69, 9.17) is 16.7 Å². The van der Waals surface area contributed by atoms with Crippen LogP contribution in [-0.2, 0) is 7.05 Å². The lowest BCUT2D eigenvalue weighted by atomic mass is 10.1. The molecule has 1 saturated carbocycles. The van der Waals surface area contributed by atoms with Gasteiger partial charge in [-0.3, -0.25) is 4.68 Å². The van der Waals surface area contributed by atoms with E-state index in [0.717, 1.165) is 16.2 Å². The standard InChI is InChI=1S/C14H13ClN2O2S/c1-17-12(7-11(16-17)14(18)19)8-2-5-13(10(15)6-8)20-9-3-4-9/h2,5-7,9H,3-4H2,1H3,(H,18,19). The van der Waals surface area contributed by atoms with Crippen molar-refractivity contribution in [2.75, 3.05) is 0 Å². The molecule has 1 N–H and O–H groups in total. The van der Waals surface area contributed by atoms with Crippen molar-refractivity contribution in [3.05, 3.63) is 35.0 Å². The van der Waals surface area contributed by atoms with Crippen LogP contribution in [0.25, 0.3) is 11.3 Å². The van der Waals surface area contributed by atoms with Crippen LogP contribution in [0.3, 0.4) is 0 Å². The second-order valence-corrected chi connectivity index (χ2v) is 6.56. The van der Waals surface area contributed by atoms with Crippen LogP contribution >= 0.6 is 23.4 Å². The topological polar surface area (TPSA) is 55.1 Å². The first kappa shape index (κ1) is 13.5. The molecule has 104 valence electrons. The lowest BCUT2D eigenvalue weighted by Crippen LogP contribution is -1.99. The zero-order valence-corrected chi connectivity index (χ0v) is 12.4. The van der Waals surface area contributed by atoms with Crippen molar-refractivity contribution in [3.8, 4) is 11.3 Å². The van der Waals surface area contributed by atoms with E-state index in [-0.39, 0.29) is 5.69 Å². The van der Waals surface area contributed by atoms with Crippen LogP contribution in [-0.4, -0.2) is 26.1 Å². The zero-order valence-electron chi connectivity index (χ0n) is 10.8. The molecular weight excluding hydrogens is 296 g/mol. The number of rotatable bonds is 4. The van der Waals surface area contributed by atoms with E-state index in [1.807, 2.05) is 18.2 Å². The van der Waals surface area contributed by atoms with E-state index in [0.29, 0.717) is 10.3 Å². The molecule has 0 amide bonds. The summed E-state index contributed by atoms with van der Waals surface area (Å²) in [5, 5.41) is 14.3. The lowest BCUT2D eigenvalue weighted by molar-refractivity contribution is 0.0689. The number of thioether (sulfide) groups is 1. The van der Waals surface area contributed by atoms with Gasteiger partial charge in [-0.1, -0.05) is 17.7 Å². The smallest absolute Gasteiger partial charge is 0.356 e. The van der Waals surface area contributed by atoms with Crippen molar-refractivity contribution < 1.29 is 9.90 Å². The Labute approximate surface area is 125 Å². The minimum atomic E-state index is -1.03. The molecule has 1 heterocycles. The van der Waals surface area contributed by atoms with E-state index in [1.165, 1.54) is 12.8 Å². The monoisotopic (exact) mass is 308 g/mol. The van der Waals surface area contributed by atoms with Gasteiger partial charge in [-0.2, -0.15) is 5.10 Å². The van der Waals surface area contributed by atoms with Crippen molar-refractivity contribution >= 4 is 29.3 Å². The van der Waals surface area contributed by atoms with E-state index < -0.39 is 5.97 Å². The van der Waals surface area contributed by atoms with Crippen LogP contribution in [0, 0.1) is 0 Å². The minimum absolute atomic E-state index is 0.0371. The van der Waals surface area contributed by atoms with Crippen LogP contribution in [0.2, 0.25) is 5.02 Å². The fourth-order valence-corrected chi connectivity index (χ4v) is 3.33. The van der Waals surface area contributed by atoms with Crippen LogP contribution < -0.4 is 0 Å². The Hall–Kier alpha value is -1.46. The summed E-state index contributed by atoms with van der Waals surface area (Å²) in [5.74, 6) is -1.03. The largest absolute Gasteiger partial charge is 0.476 e. The molecule has 1 aliphatic rings. The van der Waals surface area contributed by atoms with Crippen molar-refractivity contribution in [1.29, 1.82) is 0 Å². The molecule has 0 unspecified atom stereocenters. The summed E-state index contributed by atoms with van der Waals surface area (Å²) in [5.41, 5.74) is 1.65. The van der Waals surface area contributed by atoms with Crippen molar-refractivity contribution in [2.45, 2.75) is 23.0 Å². The highest BCUT2D eigenvalue weighted by Gasteiger charge is 2.23. The van der Waals surface area contributed by atoms with E-state index in [9.17, 15) is 4.79 Å². The van der Waals surface area contributed by atoms with Gasteiger partial charge in [-0.05, 0) is 31.0 Å². The average Bonchev–Trinajstić information content (AvgIpc) is 3.12. The quantitative estimate of drug-likeness (QED) is 0.936. The van der Waals surface area contributed by atoms with Crippen molar-refractivity contribution in [3.63, 3.8) is 0 Å². The van der Waals surface area contributed by atoms with Gasteiger partial charge in [0.2, 0.25) is 0 Å². The normalized spacial score (nSPS) is 14.5. The molecule has 0 bridgehead atoms. The predicted molar refractivity (Wildman–Crippen MR) is 79.5 cm³/mol. The molecule has 2 aromatic rings. The summed E-state index contributed by atoms with van der Waals surface area (Å²) >= 11 is 8.11. The Kier molecular flexibility index (Phi) is 3.48. The number of carbonyl (C=O) groups is 1. The number of carboxylic acids is 1. The zero-order chi connectivity index (χ0) is 14.3. The fourth-order valence-electron chi connectivity index (χ4n) is 1.96. The van der Waals surface area contributed by atoms with Gasteiger partial charge < -0.3 is 5.11 Å². The molecule has 3 rings (SSSR count). The number of aromatic nitrogens is 2. The van der Waals surface area contributed by atoms with Gasteiger partial charge in [-0.25, -0.2) is 4.79 Å². The molecular formula is C14H13ClN2O2S. The fraction of sp³-hybridized carbons (Fsp3) is 0.286. The molecule has 6 heteroatoms. The number of aryl methyl sites for hydroxylation is 1. The molecule has 20 heavy (non-hydrogen) atoms. The van der Waals surface area contributed by atoms with Gasteiger partial charge in [-0.15, -0.1) is 11.8 Å². The summed E-state index contributed by atoms with van der Waals surface area (Å²) in [6, 6.07) is 7.38. The number of benzene rings is 1. The number of hydrogen-bond donors (Lipinski definition) is 1. The molecule has 0 spiro atoms. The Balaban J connectivity index is 1.93. The molecule has 0 atom stereocenters. The third kappa shape index (κ3) is 2.69. The molecule has 0 radical (unpaired) electrons. The first-order chi connectivity index (χ1) is 9.54. The maximum Gasteiger partial charge on any atom is 0.356 e. The van der Waals surface area contributed by atoms with Gasteiger partial charge in [0.15, 0.2) is 5.69 Å². The Morgan fingerprint density at radius 2 is 2.20 bits per heavy atom. The summed E-state index contributed by atoms with van der Waals surface area (Å²) in [6.45, 7) is 0. The first-order valence-electron chi connectivity index (χ1n) is 6.28. The molecule has 1 aliphatic carbocycles. The molecule has 1 aromatic carbocycles. The number of carboxylic acid groups (broad SMARTS) is 1. The molecule has 1 fully saturated rings. The van der Waals surface area contributed by atoms with Gasteiger partial charge >= 0.3 is 5.97 Å². The third-order valence-electron chi connectivity index (χ3n) is 3.14. The Bertz CT molecular complexity index is 680. The highest BCUT2D eigenvalue weighted by Crippen LogP contribution is 2.42. The molecule has 0 aliphatic heterocycles. The second kappa shape index (κ2) is 5.14. The van der Waals surface area contributed by atoms with Gasteiger partial charge in [0.05, 0.1) is 10.7 Å². The minimum Gasteiger partial charge on any atom is -0.476 e. The van der Waals surface area contributed by atoms with Crippen LogP contribution in [0.1, 0.15) is 23.3 Å². The average molecular weight is 309 g/mol. The predicted octanol–water partition coefficient (Wildman–Crippen LogP) is 3.69. The number of halogens is 1. The van der Waals surface area contributed by atoms with Crippen LogP contribution in [0.4, 0.5) is 0 Å². The van der Waals surface area contributed by atoms with Crippen LogP contribution in [0.15, 0.2) is 29.2 Å². The molecule has 4 nitrogen and oxygen atoms in total. The SMILES string of the molecule is Cn1nc(C(=O)O)cc1-c1ccc(SC2CC2)c(Cl)c1. The van der Waals surface area contributed by atoms with Crippen molar-refractivity contribution in [1.82, 2.24) is 9.78 Å². The highest BCUT2D eigenvalue weighted by molar-refractivity contribution is 8.00. The summed E-state index contributed by atoms with van der Waals surface area (Å²) in [7, 11) is 1.72. The second-order valence-electron chi connectivity index (χ2n) is 4.81. The van der Waals surface area contributed by atoms with Crippen molar-refractivity contribution in [2.24, 2.45) is 7.05 Å². The number of nitrogens with zero attached hydrogens (tertiary/aromatic N) is 2. The van der Waals surface area contributed by atoms with Crippen LogP contribution in [0.5, 0.6) is 0 Å². The lowest BCUT2D eigenvalue weighted by Gasteiger charge is -2.06. The van der Waals surface area contributed by atoms with E-state index in [1.54, 1.807) is 29.6 Å². The maximum atomic E-state index is 10.9. The van der Waals surface area contributed by atoms with E-state index in [2.05, 4.69) is 5.10 Å². The Morgan fingerprint density at radius 1 is 1.45 bits per heavy atom. The summed E-state index contributed by atoms with van der Waals surface area (Å²) < 4.78 is 1.56. The van der Waals surface area contributed by atoms with Gasteiger partial charge in [0.25, 0.3) is 0 Å². The highest BCUT2D eigenvalue weighted by atomic mass is 35.5. The Morgan fingerprint density at radius 3 is 2.75 bits per heavy atom. The van der Waals surface area contributed by atoms with Gasteiger partial charge in [0.1, 0.15) is 0 Å². The van der Waals surface area contributed by atoms with Gasteiger partial charge in [0, 0.05) is 22.8 Å². The summed E-state index contributed by atoms with van der Waals surface area (Å²) in [6.07, 6.45) is 2.51. The molecule has 1 aromatic heterocycles. The number of hydrogen-bond acceptors (Lipinski definition) is 3. The third-order valence-corrected chi connectivity index (χ3v) is 4.98.